The minimum absolute atomic E-state index is 0.0596. The minimum atomic E-state index is -0.654. The van der Waals surface area contributed by atoms with Gasteiger partial charge in [-0.25, -0.2) is 4.90 Å². The number of carbonyl (C=O) groups excluding carboxylic acids is 3. The lowest BCUT2D eigenvalue weighted by Gasteiger charge is -2.18. The highest BCUT2D eigenvalue weighted by atomic mass is 35.5. The van der Waals surface area contributed by atoms with E-state index in [1.807, 2.05) is 31.2 Å². The smallest absolute Gasteiger partial charge is 0.283 e. The van der Waals surface area contributed by atoms with E-state index in [9.17, 15) is 14.4 Å². The number of rotatable bonds is 10. The molecule has 0 radical (unpaired) electrons. The molecule has 0 bridgehead atoms. The number of amides is 3. The number of para-hydroxylation sites is 2. The number of unbranched alkanes of at least 4 members (excludes halogenated alkanes) is 1. The van der Waals surface area contributed by atoms with Crippen LogP contribution in [0, 0.1) is 6.92 Å². The van der Waals surface area contributed by atoms with Gasteiger partial charge in [0.15, 0.2) is 0 Å². The molecule has 0 spiro atoms. The summed E-state index contributed by atoms with van der Waals surface area (Å²) in [5.41, 5.74) is 2.56. The Morgan fingerprint density at radius 2 is 1.71 bits per heavy atom. The van der Waals surface area contributed by atoms with Crippen molar-refractivity contribution >= 4 is 46.4 Å². The maximum atomic E-state index is 13.2. The van der Waals surface area contributed by atoms with Gasteiger partial charge in [-0.2, -0.15) is 0 Å². The molecule has 0 fully saturated rings. The highest BCUT2D eigenvalue weighted by Crippen LogP contribution is 2.36. The van der Waals surface area contributed by atoms with Crippen molar-refractivity contribution in [2.75, 3.05) is 29.3 Å². The van der Waals surface area contributed by atoms with Crippen molar-refractivity contribution in [1.82, 2.24) is 0 Å². The lowest BCUT2D eigenvalue weighted by atomic mass is 10.1. The van der Waals surface area contributed by atoms with Gasteiger partial charge in [-0.1, -0.05) is 43.1 Å². The van der Waals surface area contributed by atoms with Crippen molar-refractivity contribution in [2.24, 2.45) is 0 Å². The molecule has 2 N–H and O–H groups in total. The summed E-state index contributed by atoms with van der Waals surface area (Å²) in [5, 5.41) is 5.56. The SMILES string of the molecule is CCCCOc1ccccc1NC(=O)c1ccc(NC2=C(Cl)C(=O)N(c3cc(C)ccc3OC)C2=O)cc1. The van der Waals surface area contributed by atoms with Gasteiger partial charge < -0.3 is 20.1 Å². The molecule has 0 atom stereocenters. The zero-order chi connectivity index (χ0) is 27.2. The third-order valence-electron chi connectivity index (χ3n) is 5.91. The number of halogens is 1. The molecule has 1 aliphatic heterocycles. The Bertz CT molecular complexity index is 1400. The van der Waals surface area contributed by atoms with Crippen molar-refractivity contribution in [2.45, 2.75) is 26.7 Å². The monoisotopic (exact) mass is 533 g/mol. The first-order chi connectivity index (χ1) is 18.3. The van der Waals surface area contributed by atoms with E-state index in [0.717, 1.165) is 23.3 Å². The summed E-state index contributed by atoms with van der Waals surface area (Å²) >= 11 is 6.27. The first-order valence-electron chi connectivity index (χ1n) is 12.2. The number of aryl methyl sites for hydroxylation is 1. The number of nitrogens with zero attached hydrogens (tertiary/aromatic N) is 1. The van der Waals surface area contributed by atoms with Crippen LogP contribution < -0.4 is 25.0 Å². The lowest BCUT2D eigenvalue weighted by Crippen LogP contribution is -2.32. The summed E-state index contributed by atoms with van der Waals surface area (Å²) in [4.78, 5) is 39.9. The minimum Gasteiger partial charge on any atom is -0.495 e. The first kappa shape index (κ1) is 26.8. The highest BCUT2D eigenvalue weighted by Gasteiger charge is 2.40. The number of imide groups is 1. The number of methoxy groups -OCH3 is 1. The number of benzene rings is 3. The van der Waals surface area contributed by atoms with Gasteiger partial charge in [0.05, 0.1) is 25.1 Å². The number of nitrogens with one attached hydrogen (secondary N) is 2. The van der Waals surface area contributed by atoms with E-state index >= 15 is 0 Å². The number of anilines is 3. The number of ether oxygens (including phenoxy) is 2. The van der Waals surface area contributed by atoms with Crippen LogP contribution in [-0.2, 0) is 9.59 Å². The molecule has 0 aliphatic carbocycles. The summed E-state index contributed by atoms with van der Waals surface area (Å²) in [7, 11) is 1.46. The summed E-state index contributed by atoms with van der Waals surface area (Å²) in [6.45, 7) is 4.49. The lowest BCUT2D eigenvalue weighted by molar-refractivity contribution is -0.120. The molecule has 0 unspecified atom stereocenters. The number of hydrogen-bond donors (Lipinski definition) is 2. The molecular formula is C29H28ClN3O5. The van der Waals surface area contributed by atoms with E-state index in [0.29, 0.717) is 40.7 Å². The maximum Gasteiger partial charge on any atom is 0.283 e. The van der Waals surface area contributed by atoms with Gasteiger partial charge in [0.1, 0.15) is 22.2 Å². The predicted octanol–water partition coefficient (Wildman–Crippen LogP) is 5.87. The van der Waals surface area contributed by atoms with Crippen LogP contribution >= 0.6 is 11.6 Å². The molecule has 3 amide bonds. The van der Waals surface area contributed by atoms with E-state index in [4.69, 9.17) is 21.1 Å². The van der Waals surface area contributed by atoms with E-state index in [2.05, 4.69) is 17.6 Å². The van der Waals surface area contributed by atoms with Crippen molar-refractivity contribution in [3.05, 3.63) is 88.6 Å². The Kier molecular flexibility index (Phi) is 8.33. The molecule has 1 aliphatic rings. The number of hydrogen-bond acceptors (Lipinski definition) is 6. The van der Waals surface area contributed by atoms with Gasteiger partial charge >= 0.3 is 0 Å². The summed E-state index contributed by atoms with van der Waals surface area (Å²) in [6.07, 6.45) is 1.93. The second-order valence-electron chi connectivity index (χ2n) is 8.66. The van der Waals surface area contributed by atoms with Crippen LogP contribution in [-0.4, -0.2) is 31.4 Å². The maximum absolute atomic E-state index is 13.2. The fraction of sp³-hybridized carbons (Fsp3) is 0.207. The van der Waals surface area contributed by atoms with E-state index in [-0.39, 0.29) is 16.6 Å². The standard InChI is InChI=1S/C29H28ClN3O5/c1-4-5-16-38-23-9-7-6-8-21(23)32-27(34)19-11-13-20(14-12-19)31-26-25(30)28(35)33(29(26)36)22-17-18(2)10-15-24(22)37-3/h6-15,17,31H,4-5,16H2,1-3H3,(H,32,34). The Morgan fingerprint density at radius 3 is 2.42 bits per heavy atom. The molecule has 0 aromatic heterocycles. The highest BCUT2D eigenvalue weighted by molar-refractivity contribution is 6.53. The molecule has 3 aromatic rings. The Labute approximate surface area is 226 Å². The molecule has 196 valence electrons. The van der Waals surface area contributed by atoms with E-state index in [1.54, 1.807) is 42.5 Å². The van der Waals surface area contributed by atoms with E-state index in [1.165, 1.54) is 7.11 Å². The van der Waals surface area contributed by atoms with E-state index < -0.39 is 11.8 Å². The van der Waals surface area contributed by atoms with Gasteiger partial charge in [-0.15, -0.1) is 0 Å². The molecule has 0 saturated carbocycles. The van der Waals surface area contributed by atoms with Gasteiger partial charge in [-0.05, 0) is 67.4 Å². The van der Waals surface area contributed by atoms with Crippen LogP contribution in [0.1, 0.15) is 35.7 Å². The Morgan fingerprint density at radius 1 is 0.974 bits per heavy atom. The predicted molar refractivity (Wildman–Crippen MR) is 148 cm³/mol. The zero-order valence-electron chi connectivity index (χ0n) is 21.3. The summed E-state index contributed by atoms with van der Waals surface area (Å²) in [6, 6.07) is 18.9. The van der Waals surface area contributed by atoms with Crippen molar-refractivity contribution in [1.29, 1.82) is 0 Å². The molecule has 3 aromatic carbocycles. The van der Waals surface area contributed by atoms with Crippen molar-refractivity contribution < 1.29 is 23.9 Å². The normalized spacial score (nSPS) is 13.1. The van der Waals surface area contributed by atoms with Gasteiger partial charge in [0, 0.05) is 11.3 Å². The molecule has 38 heavy (non-hydrogen) atoms. The van der Waals surface area contributed by atoms with Crippen LogP contribution in [0.15, 0.2) is 77.5 Å². The second kappa shape index (κ2) is 11.8. The topological polar surface area (TPSA) is 97.0 Å². The average molecular weight is 534 g/mol. The van der Waals surface area contributed by atoms with Gasteiger partial charge in [-0.3, -0.25) is 14.4 Å². The van der Waals surface area contributed by atoms with Crippen LogP contribution in [0.4, 0.5) is 17.1 Å². The molecule has 9 heteroatoms. The second-order valence-corrected chi connectivity index (χ2v) is 9.04. The number of carbonyl (C=O) groups is 3. The fourth-order valence-electron chi connectivity index (χ4n) is 3.87. The molecule has 1 heterocycles. The fourth-order valence-corrected chi connectivity index (χ4v) is 4.08. The van der Waals surface area contributed by atoms with Gasteiger partial charge in [0.2, 0.25) is 0 Å². The largest absolute Gasteiger partial charge is 0.495 e. The van der Waals surface area contributed by atoms with Crippen LogP contribution in [0.5, 0.6) is 11.5 Å². The van der Waals surface area contributed by atoms with Crippen LogP contribution in [0.3, 0.4) is 0 Å². The van der Waals surface area contributed by atoms with Crippen LogP contribution in [0.2, 0.25) is 0 Å². The third-order valence-corrected chi connectivity index (χ3v) is 6.26. The Balaban J connectivity index is 1.47. The van der Waals surface area contributed by atoms with Crippen LogP contribution in [0.25, 0.3) is 0 Å². The quantitative estimate of drug-likeness (QED) is 0.250. The molecule has 8 nitrogen and oxygen atoms in total. The molecule has 0 saturated heterocycles. The van der Waals surface area contributed by atoms with Crippen molar-refractivity contribution in [3.63, 3.8) is 0 Å². The Hall–Kier alpha value is -4.30. The zero-order valence-corrected chi connectivity index (χ0v) is 22.1. The summed E-state index contributed by atoms with van der Waals surface area (Å²) in [5.74, 6) is -0.599. The first-order valence-corrected chi connectivity index (χ1v) is 12.5. The average Bonchev–Trinajstić information content (AvgIpc) is 3.12. The summed E-state index contributed by atoms with van der Waals surface area (Å²) < 4.78 is 11.1. The molecular weight excluding hydrogens is 506 g/mol. The molecule has 4 rings (SSSR count). The van der Waals surface area contributed by atoms with Crippen molar-refractivity contribution in [3.8, 4) is 11.5 Å². The van der Waals surface area contributed by atoms with Gasteiger partial charge in [0.25, 0.3) is 17.7 Å². The third kappa shape index (κ3) is 5.65.